The highest BCUT2D eigenvalue weighted by atomic mass is 35.5. The van der Waals surface area contributed by atoms with Gasteiger partial charge in [-0.3, -0.25) is 0 Å². The molecule has 0 aliphatic rings. The predicted octanol–water partition coefficient (Wildman–Crippen LogP) is 3.24. The van der Waals surface area contributed by atoms with Crippen LogP contribution in [0.1, 0.15) is 5.56 Å². The Hall–Kier alpha value is -1.48. The van der Waals surface area contributed by atoms with E-state index >= 15 is 0 Å². The van der Waals surface area contributed by atoms with Gasteiger partial charge in [0.2, 0.25) is 0 Å². The zero-order chi connectivity index (χ0) is 10.8. The first-order chi connectivity index (χ1) is 7.16. The first-order valence-corrected chi connectivity index (χ1v) is 4.78. The molecule has 2 rings (SSSR count). The minimum atomic E-state index is -0.460. The van der Waals surface area contributed by atoms with Crippen LogP contribution in [0.5, 0.6) is 0 Å². The van der Waals surface area contributed by atoms with Gasteiger partial charge in [0.1, 0.15) is 5.82 Å². The fourth-order valence-corrected chi connectivity index (χ4v) is 1.29. The van der Waals surface area contributed by atoms with Crippen molar-refractivity contribution in [1.29, 1.82) is 0 Å². The van der Waals surface area contributed by atoms with Crippen molar-refractivity contribution in [1.82, 2.24) is 9.97 Å². The summed E-state index contributed by atoms with van der Waals surface area (Å²) in [5.74, 6) is 0.0366. The summed E-state index contributed by atoms with van der Waals surface area (Å²) in [6.45, 7) is 1.90. The predicted molar refractivity (Wildman–Crippen MR) is 57.2 cm³/mol. The first kappa shape index (κ1) is 10.1. The van der Waals surface area contributed by atoms with Gasteiger partial charge < -0.3 is 0 Å². The van der Waals surface area contributed by atoms with Gasteiger partial charge in [-0.05, 0) is 30.7 Å². The summed E-state index contributed by atoms with van der Waals surface area (Å²) in [6.07, 6.45) is 3.38. The fourth-order valence-electron chi connectivity index (χ4n) is 1.18. The standard InChI is InChI=1S/C11H8ClFN2/c1-7-5-14-11(15-6-7)8-2-3-9(12)10(13)4-8/h2-6H,1H3. The third kappa shape index (κ3) is 2.13. The van der Waals surface area contributed by atoms with Crippen molar-refractivity contribution in [3.05, 3.63) is 47.0 Å². The molecular weight excluding hydrogens is 215 g/mol. The Balaban J connectivity index is 2.45. The minimum Gasteiger partial charge on any atom is -0.236 e. The third-order valence-corrected chi connectivity index (χ3v) is 2.27. The lowest BCUT2D eigenvalue weighted by Crippen LogP contribution is -1.90. The van der Waals surface area contributed by atoms with E-state index in [0.29, 0.717) is 11.4 Å². The molecule has 0 unspecified atom stereocenters. The maximum absolute atomic E-state index is 13.2. The maximum atomic E-state index is 13.2. The van der Waals surface area contributed by atoms with Crippen molar-refractivity contribution >= 4 is 11.6 Å². The van der Waals surface area contributed by atoms with Crippen LogP contribution >= 0.6 is 11.6 Å². The topological polar surface area (TPSA) is 25.8 Å². The lowest BCUT2D eigenvalue weighted by Gasteiger charge is -2.01. The van der Waals surface area contributed by atoms with E-state index in [1.807, 2.05) is 6.92 Å². The van der Waals surface area contributed by atoms with Crippen LogP contribution in [0.2, 0.25) is 5.02 Å². The van der Waals surface area contributed by atoms with E-state index < -0.39 is 5.82 Å². The molecule has 0 spiro atoms. The van der Waals surface area contributed by atoms with Crippen molar-refractivity contribution in [3.63, 3.8) is 0 Å². The number of nitrogens with zero attached hydrogens (tertiary/aromatic N) is 2. The van der Waals surface area contributed by atoms with Gasteiger partial charge in [0, 0.05) is 18.0 Å². The van der Waals surface area contributed by atoms with E-state index in [2.05, 4.69) is 9.97 Å². The van der Waals surface area contributed by atoms with Gasteiger partial charge in [-0.2, -0.15) is 0 Å². The summed E-state index contributed by atoms with van der Waals surface area (Å²) in [5, 5.41) is 0.103. The number of aryl methyl sites for hydroxylation is 1. The average molecular weight is 223 g/mol. The number of halogens is 2. The molecule has 0 aliphatic heterocycles. The smallest absolute Gasteiger partial charge is 0.159 e. The van der Waals surface area contributed by atoms with E-state index in [1.54, 1.807) is 18.5 Å². The summed E-state index contributed by atoms with van der Waals surface area (Å²) >= 11 is 5.58. The van der Waals surface area contributed by atoms with E-state index in [1.165, 1.54) is 12.1 Å². The normalized spacial score (nSPS) is 10.3. The van der Waals surface area contributed by atoms with Crippen LogP contribution in [0.25, 0.3) is 11.4 Å². The van der Waals surface area contributed by atoms with E-state index in [9.17, 15) is 4.39 Å². The van der Waals surface area contributed by atoms with Crippen molar-refractivity contribution in [2.24, 2.45) is 0 Å². The molecule has 0 radical (unpaired) electrons. The monoisotopic (exact) mass is 222 g/mol. The fraction of sp³-hybridized carbons (Fsp3) is 0.0909. The van der Waals surface area contributed by atoms with E-state index in [0.717, 1.165) is 5.56 Å². The molecular formula is C11H8ClFN2. The second-order valence-electron chi connectivity index (χ2n) is 3.21. The Morgan fingerprint density at radius 3 is 2.47 bits per heavy atom. The Kier molecular flexibility index (Phi) is 2.64. The van der Waals surface area contributed by atoms with Gasteiger partial charge in [0.15, 0.2) is 5.82 Å². The molecule has 1 aromatic heterocycles. The zero-order valence-electron chi connectivity index (χ0n) is 8.04. The number of hydrogen-bond acceptors (Lipinski definition) is 2. The first-order valence-electron chi connectivity index (χ1n) is 4.41. The molecule has 1 heterocycles. The number of rotatable bonds is 1. The van der Waals surface area contributed by atoms with Crippen LogP contribution in [-0.2, 0) is 0 Å². The van der Waals surface area contributed by atoms with Gasteiger partial charge >= 0.3 is 0 Å². The molecule has 2 nitrogen and oxygen atoms in total. The highest BCUT2D eigenvalue weighted by molar-refractivity contribution is 6.30. The molecule has 76 valence electrons. The highest BCUT2D eigenvalue weighted by Crippen LogP contribution is 2.21. The summed E-state index contributed by atoms with van der Waals surface area (Å²) < 4.78 is 13.2. The highest BCUT2D eigenvalue weighted by Gasteiger charge is 2.04. The molecule has 15 heavy (non-hydrogen) atoms. The zero-order valence-corrected chi connectivity index (χ0v) is 8.79. The Morgan fingerprint density at radius 2 is 1.87 bits per heavy atom. The van der Waals surface area contributed by atoms with Gasteiger partial charge in [0.25, 0.3) is 0 Å². The molecule has 0 N–H and O–H groups in total. The lowest BCUT2D eigenvalue weighted by molar-refractivity contribution is 0.628. The number of hydrogen-bond donors (Lipinski definition) is 0. The molecule has 2 aromatic rings. The second kappa shape index (κ2) is 3.95. The largest absolute Gasteiger partial charge is 0.236 e. The molecule has 1 aromatic carbocycles. The summed E-state index contributed by atoms with van der Waals surface area (Å²) in [7, 11) is 0. The summed E-state index contributed by atoms with van der Waals surface area (Å²) in [5.41, 5.74) is 1.59. The Bertz CT molecular complexity index is 482. The Labute approximate surface area is 91.8 Å². The van der Waals surface area contributed by atoms with E-state index in [4.69, 9.17) is 11.6 Å². The van der Waals surface area contributed by atoms with Crippen LogP contribution in [-0.4, -0.2) is 9.97 Å². The quantitative estimate of drug-likeness (QED) is 0.740. The average Bonchev–Trinajstić information content (AvgIpc) is 2.23. The van der Waals surface area contributed by atoms with Crippen LogP contribution in [0.4, 0.5) is 4.39 Å². The number of aromatic nitrogens is 2. The SMILES string of the molecule is Cc1cnc(-c2ccc(Cl)c(F)c2)nc1. The second-order valence-corrected chi connectivity index (χ2v) is 3.62. The molecule has 0 saturated carbocycles. The van der Waals surface area contributed by atoms with Crippen molar-refractivity contribution in [2.75, 3.05) is 0 Å². The minimum absolute atomic E-state index is 0.103. The van der Waals surface area contributed by atoms with Crippen LogP contribution in [0, 0.1) is 12.7 Å². The summed E-state index contributed by atoms with van der Waals surface area (Å²) in [6, 6.07) is 4.51. The van der Waals surface area contributed by atoms with Gasteiger partial charge in [-0.1, -0.05) is 11.6 Å². The molecule has 0 saturated heterocycles. The van der Waals surface area contributed by atoms with Crippen LogP contribution in [0.15, 0.2) is 30.6 Å². The van der Waals surface area contributed by atoms with Crippen molar-refractivity contribution in [2.45, 2.75) is 6.92 Å². The van der Waals surface area contributed by atoms with Gasteiger partial charge in [-0.25, -0.2) is 14.4 Å². The van der Waals surface area contributed by atoms with Crippen LogP contribution in [0.3, 0.4) is 0 Å². The molecule has 0 atom stereocenters. The molecule has 0 fully saturated rings. The van der Waals surface area contributed by atoms with Crippen molar-refractivity contribution < 1.29 is 4.39 Å². The molecule has 0 amide bonds. The van der Waals surface area contributed by atoms with Crippen molar-refractivity contribution in [3.8, 4) is 11.4 Å². The lowest BCUT2D eigenvalue weighted by atomic mass is 10.2. The number of benzene rings is 1. The Morgan fingerprint density at radius 1 is 1.20 bits per heavy atom. The summed E-state index contributed by atoms with van der Waals surface area (Å²) in [4.78, 5) is 8.20. The van der Waals surface area contributed by atoms with Crippen LogP contribution < -0.4 is 0 Å². The van der Waals surface area contributed by atoms with Gasteiger partial charge in [-0.15, -0.1) is 0 Å². The maximum Gasteiger partial charge on any atom is 0.159 e. The molecule has 4 heteroatoms. The van der Waals surface area contributed by atoms with E-state index in [-0.39, 0.29) is 5.02 Å². The third-order valence-electron chi connectivity index (χ3n) is 1.96. The molecule has 0 bridgehead atoms. The molecule has 0 aliphatic carbocycles. The van der Waals surface area contributed by atoms with Gasteiger partial charge in [0.05, 0.1) is 5.02 Å².